The fourth-order valence-corrected chi connectivity index (χ4v) is 1.55. The van der Waals surface area contributed by atoms with Crippen LogP contribution in [0.2, 0.25) is 0 Å². The van der Waals surface area contributed by atoms with Crippen LogP contribution in [0.3, 0.4) is 0 Å². The van der Waals surface area contributed by atoms with Crippen molar-refractivity contribution in [1.82, 2.24) is 0 Å². The minimum Gasteiger partial charge on any atom is -0.390 e. The lowest BCUT2D eigenvalue weighted by Gasteiger charge is -2.23. The third kappa shape index (κ3) is 10.0. The summed E-state index contributed by atoms with van der Waals surface area (Å²) in [5, 5.41) is 9.77. The van der Waals surface area contributed by atoms with Crippen molar-refractivity contribution < 1.29 is 18.3 Å². The number of rotatable bonds is 7. The van der Waals surface area contributed by atoms with E-state index in [1.54, 1.807) is 6.92 Å². The molecule has 0 fully saturated rings. The molecule has 4 heteroatoms. The standard InChI is InChI=1S/C11H21F3O/c1-3-4-5-7-10(2,15)8-6-9-11(12,13)14/h15H,3-9H2,1-2H3. The monoisotopic (exact) mass is 226 g/mol. The summed E-state index contributed by atoms with van der Waals surface area (Å²) in [6.07, 6.45) is -1.09. The molecular formula is C11H21F3O. The van der Waals surface area contributed by atoms with Gasteiger partial charge in [-0.25, -0.2) is 0 Å². The Labute approximate surface area is 89.7 Å². The fraction of sp³-hybridized carbons (Fsp3) is 1.00. The zero-order chi connectivity index (χ0) is 11.9. The van der Waals surface area contributed by atoms with Crippen molar-refractivity contribution in [1.29, 1.82) is 0 Å². The van der Waals surface area contributed by atoms with Crippen LogP contribution >= 0.6 is 0 Å². The average Bonchev–Trinajstić information content (AvgIpc) is 2.01. The molecule has 0 bridgehead atoms. The molecule has 0 heterocycles. The highest BCUT2D eigenvalue weighted by Crippen LogP contribution is 2.27. The maximum Gasteiger partial charge on any atom is 0.389 e. The molecule has 1 atom stereocenters. The number of unbranched alkanes of at least 4 members (excludes halogenated alkanes) is 2. The minimum atomic E-state index is -4.10. The van der Waals surface area contributed by atoms with Crippen LogP contribution in [0.15, 0.2) is 0 Å². The first-order valence-electron chi connectivity index (χ1n) is 5.56. The van der Waals surface area contributed by atoms with Crippen LogP contribution in [0.5, 0.6) is 0 Å². The van der Waals surface area contributed by atoms with Crippen LogP contribution in [-0.4, -0.2) is 16.9 Å². The lowest BCUT2D eigenvalue weighted by molar-refractivity contribution is -0.137. The number of hydrogen-bond acceptors (Lipinski definition) is 1. The quantitative estimate of drug-likeness (QED) is 0.649. The van der Waals surface area contributed by atoms with Crippen molar-refractivity contribution in [2.24, 2.45) is 0 Å². The van der Waals surface area contributed by atoms with Gasteiger partial charge in [0.25, 0.3) is 0 Å². The number of hydrogen-bond donors (Lipinski definition) is 1. The molecule has 1 unspecified atom stereocenters. The first-order valence-corrected chi connectivity index (χ1v) is 5.56. The van der Waals surface area contributed by atoms with E-state index in [9.17, 15) is 18.3 Å². The van der Waals surface area contributed by atoms with E-state index in [0.717, 1.165) is 19.3 Å². The molecular weight excluding hydrogens is 205 g/mol. The lowest BCUT2D eigenvalue weighted by atomic mass is 9.92. The Balaban J connectivity index is 3.64. The average molecular weight is 226 g/mol. The molecule has 15 heavy (non-hydrogen) atoms. The molecule has 0 radical (unpaired) electrons. The first-order chi connectivity index (χ1) is 6.77. The van der Waals surface area contributed by atoms with E-state index in [1.807, 2.05) is 0 Å². The summed E-state index contributed by atoms with van der Waals surface area (Å²) < 4.78 is 35.6. The maximum atomic E-state index is 11.9. The van der Waals surface area contributed by atoms with E-state index in [2.05, 4.69) is 6.92 Å². The van der Waals surface area contributed by atoms with E-state index in [0.29, 0.717) is 6.42 Å². The highest BCUT2D eigenvalue weighted by Gasteiger charge is 2.28. The van der Waals surface area contributed by atoms with Crippen molar-refractivity contribution >= 4 is 0 Å². The van der Waals surface area contributed by atoms with Crippen LogP contribution in [-0.2, 0) is 0 Å². The number of alkyl halides is 3. The molecule has 1 nitrogen and oxygen atoms in total. The van der Waals surface area contributed by atoms with Gasteiger partial charge < -0.3 is 5.11 Å². The van der Waals surface area contributed by atoms with Gasteiger partial charge >= 0.3 is 6.18 Å². The number of aliphatic hydroxyl groups is 1. The summed E-state index contributed by atoms with van der Waals surface area (Å²) in [6.45, 7) is 3.68. The minimum absolute atomic E-state index is 0.0165. The second-order valence-electron chi connectivity index (χ2n) is 4.42. The van der Waals surface area contributed by atoms with Gasteiger partial charge in [0.2, 0.25) is 0 Å². The van der Waals surface area contributed by atoms with Crippen LogP contribution in [0, 0.1) is 0 Å². The molecule has 0 saturated heterocycles. The number of halogens is 3. The zero-order valence-corrected chi connectivity index (χ0v) is 9.53. The summed E-state index contributed by atoms with van der Waals surface area (Å²) in [5.74, 6) is 0. The van der Waals surface area contributed by atoms with Crippen molar-refractivity contribution in [2.75, 3.05) is 0 Å². The molecule has 0 aliphatic carbocycles. The second-order valence-corrected chi connectivity index (χ2v) is 4.42. The second kappa shape index (κ2) is 6.36. The Hall–Kier alpha value is -0.250. The highest BCUT2D eigenvalue weighted by atomic mass is 19.4. The van der Waals surface area contributed by atoms with Gasteiger partial charge in [0.15, 0.2) is 0 Å². The molecule has 0 saturated carbocycles. The Bertz CT molecular complexity index is 164. The molecule has 0 aromatic carbocycles. The summed E-state index contributed by atoms with van der Waals surface area (Å²) in [4.78, 5) is 0. The van der Waals surface area contributed by atoms with Gasteiger partial charge in [-0.1, -0.05) is 26.2 Å². The van der Waals surface area contributed by atoms with Gasteiger partial charge in [-0.3, -0.25) is 0 Å². The van der Waals surface area contributed by atoms with Gasteiger partial charge in [0.05, 0.1) is 5.60 Å². The molecule has 0 aromatic rings. The van der Waals surface area contributed by atoms with E-state index in [1.165, 1.54) is 0 Å². The smallest absolute Gasteiger partial charge is 0.389 e. The third-order valence-electron chi connectivity index (χ3n) is 2.49. The van der Waals surface area contributed by atoms with Gasteiger partial charge in [0, 0.05) is 6.42 Å². The molecule has 0 amide bonds. The fourth-order valence-electron chi connectivity index (χ4n) is 1.55. The molecule has 0 spiro atoms. The van der Waals surface area contributed by atoms with Gasteiger partial charge in [-0.05, 0) is 26.2 Å². The summed E-state index contributed by atoms with van der Waals surface area (Å²) in [7, 11) is 0. The summed E-state index contributed by atoms with van der Waals surface area (Å²) >= 11 is 0. The van der Waals surface area contributed by atoms with Crippen LogP contribution < -0.4 is 0 Å². The molecule has 1 N–H and O–H groups in total. The molecule has 92 valence electrons. The SMILES string of the molecule is CCCCCC(C)(O)CCCC(F)(F)F. The predicted octanol–water partition coefficient (Wildman–Crippen LogP) is 4.05. The van der Waals surface area contributed by atoms with Gasteiger partial charge in [0.1, 0.15) is 0 Å². The molecule has 0 aromatic heterocycles. The van der Waals surface area contributed by atoms with E-state index in [4.69, 9.17) is 0 Å². The normalized spacial score (nSPS) is 16.4. The van der Waals surface area contributed by atoms with E-state index in [-0.39, 0.29) is 12.8 Å². The molecule has 0 aliphatic rings. The topological polar surface area (TPSA) is 20.2 Å². The summed E-state index contributed by atoms with van der Waals surface area (Å²) in [5.41, 5.74) is -0.930. The molecule has 0 rings (SSSR count). The maximum absolute atomic E-state index is 11.9. The van der Waals surface area contributed by atoms with Crippen LogP contribution in [0.1, 0.15) is 58.8 Å². The molecule has 0 aliphatic heterocycles. The Morgan fingerprint density at radius 2 is 1.47 bits per heavy atom. The Morgan fingerprint density at radius 1 is 0.933 bits per heavy atom. The van der Waals surface area contributed by atoms with Crippen molar-refractivity contribution in [3.05, 3.63) is 0 Å². The van der Waals surface area contributed by atoms with Gasteiger partial charge in [-0.15, -0.1) is 0 Å². The van der Waals surface area contributed by atoms with Crippen molar-refractivity contribution in [3.63, 3.8) is 0 Å². The first kappa shape index (κ1) is 14.8. The summed E-state index contributed by atoms with van der Waals surface area (Å²) in [6, 6.07) is 0. The predicted molar refractivity (Wildman–Crippen MR) is 54.7 cm³/mol. The largest absolute Gasteiger partial charge is 0.390 e. The van der Waals surface area contributed by atoms with Crippen LogP contribution in [0.25, 0.3) is 0 Å². The van der Waals surface area contributed by atoms with E-state index >= 15 is 0 Å². The Kier molecular flexibility index (Phi) is 6.25. The lowest BCUT2D eigenvalue weighted by Crippen LogP contribution is -2.24. The Morgan fingerprint density at radius 3 is 1.93 bits per heavy atom. The van der Waals surface area contributed by atoms with Crippen molar-refractivity contribution in [2.45, 2.75) is 70.6 Å². The third-order valence-corrected chi connectivity index (χ3v) is 2.49. The van der Waals surface area contributed by atoms with E-state index < -0.39 is 18.2 Å². The highest BCUT2D eigenvalue weighted by molar-refractivity contribution is 4.72. The zero-order valence-electron chi connectivity index (χ0n) is 9.53. The van der Waals surface area contributed by atoms with Crippen LogP contribution in [0.4, 0.5) is 13.2 Å². The van der Waals surface area contributed by atoms with Gasteiger partial charge in [-0.2, -0.15) is 13.2 Å². The van der Waals surface area contributed by atoms with Crippen molar-refractivity contribution in [3.8, 4) is 0 Å².